The molecule has 0 fully saturated rings. The van der Waals surface area contributed by atoms with Crippen LogP contribution in [0.5, 0.6) is 0 Å². The van der Waals surface area contributed by atoms with Crippen LogP contribution in [0, 0.1) is 13.8 Å². The highest BCUT2D eigenvalue weighted by molar-refractivity contribution is 6.04. The molecular weight excluding hydrogens is 354 g/mol. The van der Waals surface area contributed by atoms with E-state index in [1.54, 1.807) is 36.4 Å². The van der Waals surface area contributed by atoms with Gasteiger partial charge in [0.1, 0.15) is 5.82 Å². The zero-order valence-corrected chi connectivity index (χ0v) is 15.9. The molecule has 2 N–H and O–H groups in total. The lowest BCUT2D eigenvalue weighted by molar-refractivity contribution is 0.0600. The van der Waals surface area contributed by atoms with Gasteiger partial charge in [0.2, 0.25) is 0 Å². The van der Waals surface area contributed by atoms with Gasteiger partial charge in [-0.2, -0.15) is 0 Å². The molecule has 0 aliphatic carbocycles. The molecule has 0 aliphatic rings. The molecule has 2 aromatic carbocycles. The van der Waals surface area contributed by atoms with Crippen molar-refractivity contribution in [2.24, 2.45) is 0 Å². The molecule has 1 aromatic heterocycles. The lowest BCUT2D eigenvalue weighted by atomic mass is 10.1. The first kappa shape index (κ1) is 19.1. The fourth-order valence-electron chi connectivity index (χ4n) is 2.58. The van der Waals surface area contributed by atoms with Crippen molar-refractivity contribution < 1.29 is 14.3 Å². The Kier molecular flexibility index (Phi) is 5.69. The molecule has 1 amide bonds. The molecule has 1 heterocycles. The van der Waals surface area contributed by atoms with Crippen LogP contribution < -0.4 is 10.6 Å². The maximum Gasteiger partial charge on any atom is 0.337 e. The number of aromatic nitrogens is 1. The zero-order chi connectivity index (χ0) is 20.1. The quantitative estimate of drug-likeness (QED) is 0.643. The summed E-state index contributed by atoms with van der Waals surface area (Å²) >= 11 is 0. The summed E-state index contributed by atoms with van der Waals surface area (Å²) in [5.74, 6) is -0.0489. The Bertz CT molecular complexity index is 997. The SMILES string of the molecule is COC(=O)c1ccc(NC(=O)c2ccc(Nc3ccc(C)c(C)c3)nc2)cc1. The second-order valence-corrected chi connectivity index (χ2v) is 6.38. The van der Waals surface area contributed by atoms with Crippen LogP contribution in [0.25, 0.3) is 0 Å². The summed E-state index contributed by atoms with van der Waals surface area (Å²) < 4.78 is 4.65. The fraction of sp³-hybridized carbons (Fsp3) is 0.136. The molecule has 142 valence electrons. The molecule has 0 saturated heterocycles. The number of carbonyl (C=O) groups is 2. The topological polar surface area (TPSA) is 80.3 Å². The number of ether oxygens (including phenoxy) is 1. The van der Waals surface area contributed by atoms with Gasteiger partial charge in [0.05, 0.1) is 18.2 Å². The maximum atomic E-state index is 12.4. The predicted octanol–water partition coefficient (Wildman–Crippen LogP) is 4.48. The number of nitrogens with zero attached hydrogens (tertiary/aromatic N) is 1. The van der Waals surface area contributed by atoms with E-state index in [0.29, 0.717) is 22.6 Å². The Hall–Kier alpha value is -3.67. The summed E-state index contributed by atoms with van der Waals surface area (Å²) in [5, 5.41) is 6.00. The van der Waals surface area contributed by atoms with Crippen LogP contribution in [0.2, 0.25) is 0 Å². The second-order valence-electron chi connectivity index (χ2n) is 6.38. The van der Waals surface area contributed by atoms with Gasteiger partial charge in [-0.15, -0.1) is 0 Å². The summed E-state index contributed by atoms with van der Waals surface area (Å²) in [6.45, 7) is 4.12. The Morgan fingerprint density at radius 3 is 2.14 bits per heavy atom. The molecule has 3 rings (SSSR count). The number of anilines is 3. The normalized spacial score (nSPS) is 10.2. The summed E-state index contributed by atoms with van der Waals surface area (Å²) in [7, 11) is 1.32. The number of esters is 1. The van der Waals surface area contributed by atoms with Crippen molar-refractivity contribution in [2.45, 2.75) is 13.8 Å². The molecule has 28 heavy (non-hydrogen) atoms. The molecule has 0 bridgehead atoms. The number of hydrogen-bond donors (Lipinski definition) is 2. The Labute approximate surface area is 163 Å². The van der Waals surface area contributed by atoms with Gasteiger partial charge in [0.15, 0.2) is 0 Å². The third-order valence-electron chi connectivity index (χ3n) is 4.37. The number of amides is 1. The van der Waals surface area contributed by atoms with Crippen LogP contribution in [0.4, 0.5) is 17.2 Å². The highest BCUT2D eigenvalue weighted by atomic mass is 16.5. The van der Waals surface area contributed by atoms with Crippen LogP contribution >= 0.6 is 0 Å². The number of nitrogens with one attached hydrogen (secondary N) is 2. The van der Waals surface area contributed by atoms with Crippen molar-refractivity contribution in [3.63, 3.8) is 0 Å². The Balaban J connectivity index is 1.64. The van der Waals surface area contributed by atoms with Crippen molar-refractivity contribution in [2.75, 3.05) is 17.7 Å². The highest BCUT2D eigenvalue weighted by Crippen LogP contribution is 2.19. The number of benzene rings is 2. The van der Waals surface area contributed by atoms with Crippen molar-refractivity contribution in [1.82, 2.24) is 4.98 Å². The van der Waals surface area contributed by atoms with Crippen LogP contribution in [-0.4, -0.2) is 24.0 Å². The van der Waals surface area contributed by atoms with E-state index >= 15 is 0 Å². The van der Waals surface area contributed by atoms with E-state index in [2.05, 4.69) is 40.3 Å². The van der Waals surface area contributed by atoms with Crippen LogP contribution in [0.15, 0.2) is 60.8 Å². The molecule has 3 aromatic rings. The average Bonchev–Trinajstić information content (AvgIpc) is 2.71. The van der Waals surface area contributed by atoms with Crippen molar-refractivity contribution in [3.05, 3.63) is 83.0 Å². The molecule has 6 nitrogen and oxygen atoms in total. The van der Waals surface area contributed by atoms with E-state index in [-0.39, 0.29) is 5.91 Å². The average molecular weight is 375 g/mol. The van der Waals surface area contributed by atoms with Gasteiger partial charge in [0.25, 0.3) is 5.91 Å². The third-order valence-corrected chi connectivity index (χ3v) is 4.37. The van der Waals surface area contributed by atoms with Gasteiger partial charge >= 0.3 is 5.97 Å². The van der Waals surface area contributed by atoms with E-state index in [1.165, 1.54) is 24.4 Å². The lowest BCUT2D eigenvalue weighted by Crippen LogP contribution is -2.12. The second kappa shape index (κ2) is 8.35. The van der Waals surface area contributed by atoms with E-state index in [9.17, 15) is 9.59 Å². The minimum atomic E-state index is -0.422. The van der Waals surface area contributed by atoms with Gasteiger partial charge in [-0.3, -0.25) is 4.79 Å². The van der Waals surface area contributed by atoms with Crippen molar-refractivity contribution in [1.29, 1.82) is 0 Å². The summed E-state index contributed by atoms with van der Waals surface area (Å²) in [4.78, 5) is 28.1. The Morgan fingerprint density at radius 2 is 1.54 bits per heavy atom. The summed E-state index contributed by atoms with van der Waals surface area (Å²) in [5.41, 5.74) is 4.80. The molecule has 0 radical (unpaired) electrons. The van der Waals surface area contributed by atoms with Crippen LogP contribution in [0.1, 0.15) is 31.8 Å². The number of methoxy groups -OCH3 is 1. The number of carbonyl (C=O) groups excluding carboxylic acids is 2. The molecule has 6 heteroatoms. The van der Waals surface area contributed by atoms with Crippen molar-refractivity contribution >= 4 is 29.1 Å². The number of hydrogen-bond acceptors (Lipinski definition) is 5. The summed E-state index contributed by atoms with van der Waals surface area (Å²) in [6.07, 6.45) is 1.52. The van der Waals surface area contributed by atoms with Crippen LogP contribution in [0.3, 0.4) is 0 Å². The number of aryl methyl sites for hydroxylation is 2. The Morgan fingerprint density at radius 1 is 0.857 bits per heavy atom. The fourth-order valence-corrected chi connectivity index (χ4v) is 2.58. The first-order valence-corrected chi connectivity index (χ1v) is 8.76. The van der Waals surface area contributed by atoms with E-state index in [4.69, 9.17) is 0 Å². The molecule has 0 spiro atoms. The summed E-state index contributed by atoms with van der Waals surface area (Å²) in [6, 6.07) is 16.0. The minimum absolute atomic E-state index is 0.281. The monoisotopic (exact) mass is 375 g/mol. The first-order valence-electron chi connectivity index (χ1n) is 8.76. The van der Waals surface area contributed by atoms with Gasteiger partial charge in [-0.05, 0) is 73.5 Å². The van der Waals surface area contributed by atoms with Gasteiger partial charge < -0.3 is 15.4 Å². The lowest BCUT2D eigenvalue weighted by Gasteiger charge is -2.09. The molecule has 0 unspecified atom stereocenters. The maximum absolute atomic E-state index is 12.4. The van der Waals surface area contributed by atoms with Gasteiger partial charge in [-0.25, -0.2) is 9.78 Å². The molecule has 0 aliphatic heterocycles. The number of pyridine rings is 1. The van der Waals surface area contributed by atoms with E-state index in [0.717, 1.165) is 5.69 Å². The molecule has 0 atom stereocenters. The largest absolute Gasteiger partial charge is 0.465 e. The third kappa shape index (κ3) is 4.54. The standard InChI is InChI=1S/C22H21N3O3/c1-14-4-8-19(12-15(14)2)24-20-11-7-17(13-23-20)21(26)25-18-9-5-16(6-10-18)22(27)28-3/h4-13H,1-3H3,(H,23,24)(H,25,26). The van der Waals surface area contributed by atoms with E-state index in [1.807, 2.05) is 12.1 Å². The van der Waals surface area contributed by atoms with Gasteiger partial charge in [-0.1, -0.05) is 6.07 Å². The highest BCUT2D eigenvalue weighted by Gasteiger charge is 2.09. The molecule has 0 saturated carbocycles. The van der Waals surface area contributed by atoms with E-state index < -0.39 is 5.97 Å². The zero-order valence-electron chi connectivity index (χ0n) is 15.9. The molecular formula is C22H21N3O3. The predicted molar refractivity (Wildman–Crippen MR) is 109 cm³/mol. The van der Waals surface area contributed by atoms with Crippen LogP contribution in [-0.2, 0) is 4.74 Å². The smallest absolute Gasteiger partial charge is 0.337 e. The van der Waals surface area contributed by atoms with Crippen molar-refractivity contribution in [3.8, 4) is 0 Å². The first-order chi connectivity index (χ1) is 13.5. The van der Waals surface area contributed by atoms with Gasteiger partial charge in [0, 0.05) is 17.6 Å². The number of rotatable bonds is 5. The minimum Gasteiger partial charge on any atom is -0.465 e.